The Balaban J connectivity index is 1.85. The molecule has 1 aromatic carbocycles. The summed E-state index contributed by atoms with van der Waals surface area (Å²) in [5, 5.41) is 10.5. The maximum Gasteiger partial charge on any atom is 0.314 e. The van der Waals surface area contributed by atoms with E-state index in [1.54, 1.807) is 28.6 Å². The predicted molar refractivity (Wildman–Crippen MR) is 100 cm³/mol. The molecule has 1 aliphatic rings. The van der Waals surface area contributed by atoms with Crippen molar-refractivity contribution in [3.63, 3.8) is 0 Å². The highest BCUT2D eigenvalue weighted by Crippen LogP contribution is 2.36. The minimum atomic E-state index is -0.681. The van der Waals surface area contributed by atoms with Crippen LogP contribution in [0, 0.1) is 0 Å². The number of halogens is 1. The Morgan fingerprint density at radius 3 is 2.92 bits per heavy atom. The van der Waals surface area contributed by atoms with Crippen LogP contribution in [0.1, 0.15) is 31.0 Å². The minimum absolute atomic E-state index is 0.490. The number of thioether (sulfide) groups is 1. The summed E-state index contributed by atoms with van der Waals surface area (Å²) in [6.45, 7) is 2.51. The molecule has 3 rings (SSSR count). The molecule has 0 saturated carbocycles. The lowest BCUT2D eigenvalue weighted by molar-refractivity contribution is -0.136. The zero-order chi connectivity index (χ0) is 17.8. The number of fused-ring (bicyclic) bond motifs is 1. The van der Waals surface area contributed by atoms with E-state index >= 15 is 0 Å². The van der Waals surface area contributed by atoms with Gasteiger partial charge >= 0.3 is 11.8 Å². The van der Waals surface area contributed by atoms with E-state index in [-0.39, 0.29) is 0 Å². The molecule has 25 heavy (non-hydrogen) atoms. The fraction of sp³-hybridized carbons (Fsp3) is 0.353. The Bertz CT molecular complexity index is 806. The maximum absolute atomic E-state index is 12.3. The minimum Gasteiger partial charge on any atom is -0.348 e. The van der Waals surface area contributed by atoms with Crippen LogP contribution in [0.15, 0.2) is 24.3 Å². The van der Waals surface area contributed by atoms with Crippen LogP contribution >= 0.6 is 23.4 Å². The normalized spacial score (nSPS) is 12.7. The number of hydrogen-bond acceptors (Lipinski definition) is 4. The van der Waals surface area contributed by atoms with Gasteiger partial charge in [-0.1, -0.05) is 31.0 Å². The Kier molecular flexibility index (Phi) is 5.65. The van der Waals surface area contributed by atoms with Gasteiger partial charge in [-0.05, 0) is 24.6 Å². The van der Waals surface area contributed by atoms with Crippen molar-refractivity contribution < 1.29 is 9.59 Å². The highest BCUT2D eigenvalue weighted by Gasteiger charge is 2.26. The first-order chi connectivity index (χ1) is 12.1. The van der Waals surface area contributed by atoms with Gasteiger partial charge in [0, 0.05) is 28.6 Å². The Hall–Kier alpha value is -1.99. The predicted octanol–water partition coefficient (Wildman–Crippen LogP) is 3.13. The van der Waals surface area contributed by atoms with Crippen molar-refractivity contribution in [3.05, 3.63) is 40.5 Å². The molecule has 2 N–H and O–H groups in total. The highest BCUT2D eigenvalue weighted by atomic mass is 35.5. The summed E-state index contributed by atoms with van der Waals surface area (Å²) in [5.41, 5.74) is 2.62. The standard InChI is InChI=1S/C17H19ClN4O2S/c1-2-3-7-19-16(23)17(24)20-15-13-9-25-10-14(13)21-22(15)12-6-4-5-11(18)8-12/h4-6,8H,2-3,7,9-10H2,1H3,(H,19,23)(H,20,24). The third kappa shape index (κ3) is 3.99. The van der Waals surface area contributed by atoms with Gasteiger partial charge in [-0.15, -0.1) is 0 Å². The van der Waals surface area contributed by atoms with E-state index in [1.807, 2.05) is 19.1 Å². The Morgan fingerprint density at radius 1 is 1.32 bits per heavy atom. The number of benzene rings is 1. The van der Waals surface area contributed by atoms with Crippen molar-refractivity contribution in [1.29, 1.82) is 0 Å². The van der Waals surface area contributed by atoms with Crippen LogP contribution in [0.3, 0.4) is 0 Å². The van der Waals surface area contributed by atoms with Crippen LogP contribution < -0.4 is 10.6 Å². The summed E-state index contributed by atoms with van der Waals surface area (Å²) in [7, 11) is 0. The zero-order valence-corrected chi connectivity index (χ0v) is 15.4. The molecular weight excluding hydrogens is 360 g/mol. The summed E-state index contributed by atoms with van der Waals surface area (Å²) in [5.74, 6) is 0.765. The van der Waals surface area contributed by atoms with Crippen LogP contribution in [0.4, 0.5) is 5.82 Å². The molecule has 132 valence electrons. The van der Waals surface area contributed by atoms with Gasteiger partial charge in [0.25, 0.3) is 0 Å². The fourth-order valence-corrected chi connectivity index (χ4v) is 3.78. The van der Waals surface area contributed by atoms with Crippen LogP contribution in [-0.2, 0) is 21.1 Å². The second-order valence-corrected chi connectivity index (χ2v) is 7.14. The maximum atomic E-state index is 12.3. The third-order valence-electron chi connectivity index (χ3n) is 3.86. The molecule has 1 aliphatic heterocycles. The number of rotatable bonds is 5. The SMILES string of the molecule is CCCCNC(=O)C(=O)Nc1c2c(nn1-c1cccc(Cl)c1)CSC2. The summed E-state index contributed by atoms with van der Waals surface area (Å²) in [6.07, 6.45) is 1.79. The van der Waals surface area contributed by atoms with Crippen LogP contribution in [0.25, 0.3) is 5.69 Å². The summed E-state index contributed by atoms with van der Waals surface area (Å²) < 4.78 is 1.65. The zero-order valence-electron chi connectivity index (χ0n) is 13.8. The summed E-state index contributed by atoms with van der Waals surface area (Å²) in [6, 6.07) is 7.23. The van der Waals surface area contributed by atoms with Gasteiger partial charge in [-0.2, -0.15) is 16.9 Å². The van der Waals surface area contributed by atoms with E-state index in [0.717, 1.165) is 41.3 Å². The number of amides is 2. The third-order valence-corrected chi connectivity index (χ3v) is 5.06. The van der Waals surface area contributed by atoms with Crippen molar-refractivity contribution >= 4 is 41.0 Å². The van der Waals surface area contributed by atoms with E-state index in [0.29, 0.717) is 17.4 Å². The van der Waals surface area contributed by atoms with Crippen LogP contribution in [0.2, 0.25) is 5.02 Å². The first kappa shape index (κ1) is 17.8. The second-order valence-electron chi connectivity index (χ2n) is 5.72. The van der Waals surface area contributed by atoms with E-state index in [1.165, 1.54) is 0 Å². The van der Waals surface area contributed by atoms with E-state index in [9.17, 15) is 9.59 Å². The molecule has 2 aromatic rings. The van der Waals surface area contributed by atoms with Crippen molar-refractivity contribution in [3.8, 4) is 5.69 Å². The highest BCUT2D eigenvalue weighted by molar-refractivity contribution is 7.98. The molecule has 0 atom stereocenters. The van der Waals surface area contributed by atoms with Crippen molar-refractivity contribution in [2.24, 2.45) is 0 Å². The van der Waals surface area contributed by atoms with E-state index < -0.39 is 11.8 Å². The molecule has 0 saturated heterocycles. The lowest BCUT2D eigenvalue weighted by Crippen LogP contribution is -2.36. The number of aromatic nitrogens is 2. The van der Waals surface area contributed by atoms with Gasteiger partial charge in [-0.3, -0.25) is 9.59 Å². The molecule has 6 nitrogen and oxygen atoms in total. The molecule has 0 aliphatic carbocycles. The lowest BCUT2D eigenvalue weighted by Gasteiger charge is -2.11. The molecule has 0 bridgehead atoms. The molecule has 8 heteroatoms. The van der Waals surface area contributed by atoms with Crippen LogP contribution in [0.5, 0.6) is 0 Å². The molecule has 0 fully saturated rings. The van der Waals surface area contributed by atoms with Gasteiger partial charge in [0.2, 0.25) is 0 Å². The molecule has 2 amide bonds. The second kappa shape index (κ2) is 7.93. The number of nitrogens with one attached hydrogen (secondary N) is 2. The first-order valence-corrected chi connectivity index (χ1v) is 9.67. The molecule has 0 radical (unpaired) electrons. The molecule has 2 heterocycles. The van der Waals surface area contributed by atoms with Crippen molar-refractivity contribution in [2.45, 2.75) is 31.3 Å². The van der Waals surface area contributed by atoms with Crippen LogP contribution in [-0.4, -0.2) is 28.1 Å². The molecular formula is C17H19ClN4O2S. The fourth-order valence-electron chi connectivity index (χ4n) is 2.56. The van der Waals surface area contributed by atoms with Crippen molar-refractivity contribution in [1.82, 2.24) is 15.1 Å². The summed E-state index contributed by atoms with van der Waals surface area (Å²) in [4.78, 5) is 24.2. The quantitative estimate of drug-likeness (QED) is 0.619. The largest absolute Gasteiger partial charge is 0.348 e. The lowest BCUT2D eigenvalue weighted by atomic mass is 10.2. The number of nitrogens with zero attached hydrogens (tertiary/aromatic N) is 2. The topological polar surface area (TPSA) is 76.0 Å². The van der Waals surface area contributed by atoms with Gasteiger partial charge in [0.15, 0.2) is 0 Å². The monoisotopic (exact) mass is 378 g/mol. The summed E-state index contributed by atoms with van der Waals surface area (Å²) >= 11 is 7.80. The number of carbonyl (C=O) groups excluding carboxylic acids is 2. The van der Waals surface area contributed by atoms with Gasteiger partial charge in [-0.25, -0.2) is 4.68 Å². The number of carbonyl (C=O) groups is 2. The smallest absolute Gasteiger partial charge is 0.314 e. The van der Waals surface area contributed by atoms with Crippen molar-refractivity contribution in [2.75, 3.05) is 11.9 Å². The molecule has 0 spiro atoms. The van der Waals surface area contributed by atoms with E-state index in [2.05, 4.69) is 15.7 Å². The Labute approximate surface area is 155 Å². The average molecular weight is 379 g/mol. The first-order valence-electron chi connectivity index (χ1n) is 8.13. The average Bonchev–Trinajstić information content (AvgIpc) is 3.17. The molecule has 1 aromatic heterocycles. The number of unbranched alkanes of at least 4 members (excludes halogenated alkanes) is 1. The van der Waals surface area contributed by atoms with Gasteiger partial charge < -0.3 is 10.6 Å². The molecule has 0 unspecified atom stereocenters. The number of anilines is 1. The van der Waals surface area contributed by atoms with E-state index in [4.69, 9.17) is 11.6 Å². The van der Waals surface area contributed by atoms with Gasteiger partial charge in [0.1, 0.15) is 5.82 Å². The van der Waals surface area contributed by atoms with Gasteiger partial charge in [0.05, 0.1) is 11.4 Å². The number of hydrogen-bond donors (Lipinski definition) is 2. The Morgan fingerprint density at radius 2 is 2.16 bits per heavy atom.